The van der Waals surface area contributed by atoms with Crippen molar-refractivity contribution in [2.75, 3.05) is 36.5 Å². The average Bonchev–Trinajstić information content (AvgIpc) is 2.96. The van der Waals surface area contributed by atoms with Crippen molar-refractivity contribution in [3.8, 4) is 0 Å². The van der Waals surface area contributed by atoms with E-state index < -0.39 is 11.8 Å². The molecule has 0 aliphatic carbocycles. The molecule has 2 aromatic rings. The van der Waals surface area contributed by atoms with E-state index in [1.54, 1.807) is 29.2 Å². The second kappa shape index (κ2) is 8.88. The van der Waals surface area contributed by atoms with Crippen molar-refractivity contribution in [2.45, 2.75) is 0 Å². The van der Waals surface area contributed by atoms with Crippen LogP contribution in [0.4, 0.5) is 11.4 Å². The Bertz CT molecular complexity index is 1090. The monoisotopic (exact) mass is 479 g/mol. The number of rotatable bonds is 4. The van der Waals surface area contributed by atoms with Gasteiger partial charge in [-0.15, -0.1) is 0 Å². The number of halogens is 3. The van der Waals surface area contributed by atoms with Crippen LogP contribution in [0, 0.1) is 0 Å². The highest BCUT2D eigenvalue weighted by Gasteiger charge is 2.39. The Balaban J connectivity index is 1.57. The molecule has 0 bridgehead atoms. The zero-order chi connectivity index (χ0) is 22.1. The van der Waals surface area contributed by atoms with Gasteiger partial charge in [-0.2, -0.15) is 0 Å². The van der Waals surface area contributed by atoms with Crippen molar-refractivity contribution < 1.29 is 19.1 Å². The van der Waals surface area contributed by atoms with Crippen molar-refractivity contribution >= 4 is 63.9 Å². The van der Waals surface area contributed by atoms with Crippen molar-refractivity contribution in [3.05, 3.63) is 68.8 Å². The van der Waals surface area contributed by atoms with E-state index in [1.165, 1.54) is 18.2 Å². The lowest BCUT2D eigenvalue weighted by molar-refractivity contribution is -0.120. The first-order valence-corrected chi connectivity index (χ1v) is 10.5. The van der Waals surface area contributed by atoms with Gasteiger partial charge in [-0.05, 0) is 36.4 Å². The highest BCUT2D eigenvalue weighted by molar-refractivity contribution is 6.53. The van der Waals surface area contributed by atoms with Crippen molar-refractivity contribution in [1.29, 1.82) is 0 Å². The molecule has 1 saturated heterocycles. The number of anilines is 2. The number of ether oxygens (including phenoxy) is 1. The second-order valence-corrected chi connectivity index (χ2v) is 8.12. The number of morpholine rings is 1. The molecule has 0 radical (unpaired) electrons. The number of amides is 3. The van der Waals surface area contributed by atoms with Gasteiger partial charge in [0.25, 0.3) is 17.7 Å². The number of carbonyl (C=O) groups excluding carboxylic acids is 3. The van der Waals surface area contributed by atoms with Crippen LogP contribution in [-0.4, -0.2) is 48.9 Å². The van der Waals surface area contributed by atoms with Crippen LogP contribution < -0.4 is 10.2 Å². The van der Waals surface area contributed by atoms with Crippen LogP contribution in [0.15, 0.2) is 53.2 Å². The van der Waals surface area contributed by atoms with Gasteiger partial charge in [-0.1, -0.05) is 40.9 Å². The molecule has 10 heteroatoms. The molecule has 2 aliphatic rings. The molecule has 0 unspecified atom stereocenters. The fourth-order valence-electron chi connectivity index (χ4n) is 3.34. The molecule has 0 spiro atoms. The molecular formula is C21H16Cl3N3O4. The Kier molecular flexibility index (Phi) is 6.20. The zero-order valence-corrected chi connectivity index (χ0v) is 18.3. The van der Waals surface area contributed by atoms with E-state index in [0.717, 1.165) is 4.90 Å². The third-order valence-corrected chi connectivity index (χ3v) is 5.60. The molecule has 4 rings (SSSR count). The van der Waals surface area contributed by atoms with Gasteiger partial charge in [0.2, 0.25) is 0 Å². The number of hydrogen-bond acceptors (Lipinski definition) is 5. The topological polar surface area (TPSA) is 79.0 Å². The van der Waals surface area contributed by atoms with Gasteiger partial charge in [0.1, 0.15) is 10.7 Å². The van der Waals surface area contributed by atoms with Gasteiger partial charge in [-0.25, -0.2) is 4.90 Å². The summed E-state index contributed by atoms with van der Waals surface area (Å²) in [6.45, 7) is 2.01. The van der Waals surface area contributed by atoms with E-state index in [0.29, 0.717) is 37.6 Å². The predicted octanol–water partition coefficient (Wildman–Crippen LogP) is 3.90. The molecule has 0 atom stereocenters. The van der Waals surface area contributed by atoms with Gasteiger partial charge in [0, 0.05) is 34.4 Å². The second-order valence-electron chi connectivity index (χ2n) is 6.87. The molecular weight excluding hydrogens is 465 g/mol. The SMILES string of the molecule is O=C(c1cccc(NC2=C(Cl)C(=O)N(c3cc(Cl)cc(Cl)c3)C2=O)c1)N1CCOCC1. The van der Waals surface area contributed by atoms with E-state index >= 15 is 0 Å². The maximum atomic E-state index is 12.9. The normalized spacial score (nSPS) is 16.9. The third kappa shape index (κ3) is 4.41. The number of benzene rings is 2. The summed E-state index contributed by atoms with van der Waals surface area (Å²) >= 11 is 18.2. The fourth-order valence-corrected chi connectivity index (χ4v) is 4.06. The maximum absolute atomic E-state index is 12.9. The minimum absolute atomic E-state index is 0.0984. The Morgan fingerprint density at radius 2 is 1.61 bits per heavy atom. The molecule has 31 heavy (non-hydrogen) atoms. The van der Waals surface area contributed by atoms with Gasteiger partial charge in [0.05, 0.1) is 18.9 Å². The smallest absolute Gasteiger partial charge is 0.283 e. The Hall–Kier alpha value is -2.58. The van der Waals surface area contributed by atoms with Gasteiger partial charge in [-0.3, -0.25) is 14.4 Å². The van der Waals surface area contributed by atoms with Gasteiger partial charge < -0.3 is 15.0 Å². The first-order valence-electron chi connectivity index (χ1n) is 9.34. The van der Waals surface area contributed by atoms with Crippen LogP contribution in [0.1, 0.15) is 10.4 Å². The summed E-state index contributed by atoms with van der Waals surface area (Å²) in [7, 11) is 0. The number of nitrogens with one attached hydrogen (secondary N) is 1. The highest BCUT2D eigenvalue weighted by atomic mass is 35.5. The highest BCUT2D eigenvalue weighted by Crippen LogP contribution is 2.33. The minimum Gasteiger partial charge on any atom is -0.378 e. The standard InChI is InChI=1S/C21H16Cl3N3O4/c22-13-9-14(23)11-16(10-13)27-20(29)17(24)18(21(27)30)25-15-3-1-2-12(8-15)19(28)26-4-6-31-7-5-26/h1-3,8-11,25H,4-7H2. The first-order chi connectivity index (χ1) is 14.8. The third-order valence-electron chi connectivity index (χ3n) is 4.81. The maximum Gasteiger partial charge on any atom is 0.283 e. The first kappa shape index (κ1) is 21.6. The quantitative estimate of drug-likeness (QED) is 0.672. The van der Waals surface area contributed by atoms with Crippen LogP contribution in [0.3, 0.4) is 0 Å². The summed E-state index contributed by atoms with van der Waals surface area (Å²) < 4.78 is 5.28. The number of carbonyl (C=O) groups is 3. The summed E-state index contributed by atoms with van der Waals surface area (Å²) in [4.78, 5) is 40.9. The van der Waals surface area contributed by atoms with Crippen molar-refractivity contribution in [3.63, 3.8) is 0 Å². The molecule has 7 nitrogen and oxygen atoms in total. The largest absolute Gasteiger partial charge is 0.378 e. The lowest BCUT2D eigenvalue weighted by atomic mass is 10.1. The van der Waals surface area contributed by atoms with Crippen LogP contribution in [0.2, 0.25) is 10.0 Å². The molecule has 160 valence electrons. The van der Waals surface area contributed by atoms with Gasteiger partial charge >= 0.3 is 0 Å². The molecule has 0 saturated carbocycles. The fraction of sp³-hybridized carbons (Fsp3) is 0.190. The number of hydrogen-bond donors (Lipinski definition) is 1. The zero-order valence-electron chi connectivity index (χ0n) is 16.0. The Morgan fingerprint density at radius 3 is 2.29 bits per heavy atom. The molecule has 2 aliphatic heterocycles. The van der Waals surface area contributed by atoms with Crippen LogP contribution in [-0.2, 0) is 14.3 Å². The molecule has 1 fully saturated rings. The van der Waals surface area contributed by atoms with E-state index in [4.69, 9.17) is 39.5 Å². The summed E-state index contributed by atoms with van der Waals surface area (Å²) in [6, 6.07) is 11.0. The van der Waals surface area contributed by atoms with Crippen LogP contribution in [0.5, 0.6) is 0 Å². The number of nitrogens with zero attached hydrogens (tertiary/aromatic N) is 2. The molecule has 2 aromatic carbocycles. The number of imide groups is 1. The Labute approximate surface area is 193 Å². The lowest BCUT2D eigenvalue weighted by Gasteiger charge is -2.27. The van der Waals surface area contributed by atoms with Gasteiger partial charge in [0.15, 0.2) is 0 Å². The van der Waals surface area contributed by atoms with Crippen LogP contribution >= 0.6 is 34.8 Å². The molecule has 0 aromatic heterocycles. The van der Waals surface area contributed by atoms with E-state index in [-0.39, 0.29) is 32.4 Å². The van der Waals surface area contributed by atoms with E-state index in [1.807, 2.05) is 0 Å². The molecule has 3 amide bonds. The summed E-state index contributed by atoms with van der Waals surface area (Å²) in [5, 5.41) is 3.15. The molecule has 1 N–H and O–H groups in total. The van der Waals surface area contributed by atoms with Crippen molar-refractivity contribution in [2.24, 2.45) is 0 Å². The lowest BCUT2D eigenvalue weighted by Crippen LogP contribution is -2.40. The van der Waals surface area contributed by atoms with Crippen LogP contribution in [0.25, 0.3) is 0 Å². The molecule has 2 heterocycles. The van der Waals surface area contributed by atoms with Crippen molar-refractivity contribution in [1.82, 2.24) is 4.90 Å². The minimum atomic E-state index is -0.701. The van der Waals surface area contributed by atoms with E-state index in [9.17, 15) is 14.4 Å². The summed E-state index contributed by atoms with van der Waals surface area (Å²) in [6.07, 6.45) is 0. The summed E-state index contributed by atoms with van der Waals surface area (Å²) in [5.41, 5.74) is 0.996. The average molecular weight is 481 g/mol. The Morgan fingerprint density at radius 1 is 0.935 bits per heavy atom. The van der Waals surface area contributed by atoms with E-state index in [2.05, 4.69) is 5.32 Å². The predicted molar refractivity (Wildman–Crippen MR) is 119 cm³/mol. The summed E-state index contributed by atoms with van der Waals surface area (Å²) in [5.74, 6) is -1.50.